The lowest BCUT2D eigenvalue weighted by molar-refractivity contribution is 0.106. The van der Waals surface area contributed by atoms with Crippen LogP contribution in [-0.4, -0.2) is 25.7 Å². The number of benzene rings is 2. The molecule has 0 spiro atoms. The van der Waals surface area contributed by atoms with Crippen LogP contribution in [0.15, 0.2) is 53.6 Å². The second-order valence-corrected chi connectivity index (χ2v) is 4.26. The van der Waals surface area contributed by atoms with E-state index in [0.29, 0.717) is 22.6 Å². The predicted molar refractivity (Wildman–Crippen MR) is 81.0 cm³/mol. The van der Waals surface area contributed by atoms with Gasteiger partial charge in [-0.2, -0.15) is 5.10 Å². The van der Waals surface area contributed by atoms with Gasteiger partial charge in [-0.1, -0.05) is 0 Å². The van der Waals surface area contributed by atoms with Gasteiger partial charge in [0.05, 0.1) is 14.2 Å². The van der Waals surface area contributed by atoms with Gasteiger partial charge < -0.3 is 15.3 Å². The van der Waals surface area contributed by atoms with Gasteiger partial charge in [0, 0.05) is 11.1 Å². The van der Waals surface area contributed by atoms with Crippen LogP contribution in [0.4, 0.5) is 0 Å². The van der Waals surface area contributed by atoms with Crippen molar-refractivity contribution in [2.45, 2.75) is 0 Å². The topological polar surface area (TPSA) is 73.9 Å². The predicted octanol–water partition coefficient (Wildman–Crippen LogP) is 2.25. The molecular weight excluding hydrogens is 268 g/mol. The van der Waals surface area contributed by atoms with Crippen molar-refractivity contribution in [3.63, 3.8) is 0 Å². The fraction of sp³-hybridized carbons (Fsp3) is 0.125. The Morgan fingerprint density at radius 2 is 1.29 bits per heavy atom. The van der Waals surface area contributed by atoms with Gasteiger partial charge in [0.25, 0.3) is 0 Å². The molecule has 0 unspecified atom stereocenters. The molecule has 0 bridgehead atoms. The molecule has 2 rings (SSSR count). The second kappa shape index (κ2) is 6.56. The average molecular weight is 284 g/mol. The molecule has 5 heteroatoms. The summed E-state index contributed by atoms with van der Waals surface area (Å²) in [5, 5.41) is 3.63. The third-order valence-electron chi connectivity index (χ3n) is 3.06. The maximum absolute atomic E-state index is 12.4. The number of hydrazone groups is 1. The molecule has 2 aromatic carbocycles. The summed E-state index contributed by atoms with van der Waals surface area (Å²) in [4.78, 5) is 12.4. The Kier molecular flexibility index (Phi) is 4.56. The SMILES string of the molecule is COc1ccc(C(=O)/C(=N/N)c2ccc(OC)cc2)cc1. The number of hydrogen-bond acceptors (Lipinski definition) is 5. The van der Waals surface area contributed by atoms with E-state index in [9.17, 15) is 4.79 Å². The summed E-state index contributed by atoms with van der Waals surface area (Å²) in [6.07, 6.45) is 0. The number of nitrogens with zero attached hydrogens (tertiary/aromatic N) is 1. The van der Waals surface area contributed by atoms with Crippen molar-refractivity contribution in [2.75, 3.05) is 14.2 Å². The third-order valence-corrected chi connectivity index (χ3v) is 3.06. The molecule has 0 radical (unpaired) electrons. The first-order valence-corrected chi connectivity index (χ1v) is 6.30. The standard InChI is InChI=1S/C16H16N2O3/c1-20-13-7-3-11(4-8-13)15(18-17)16(19)12-5-9-14(21-2)10-6-12/h3-10H,17H2,1-2H3/b18-15+. The van der Waals surface area contributed by atoms with E-state index in [2.05, 4.69) is 5.10 Å². The molecule has 5 nitrogen and oxygen atoms in total. The zero-order valence-corrected chi connectivity index (χ0v) is 11.9. The van der Waals surface area contributed by atoms with Crippen LogP contribution in [0.1, 0.15) is 15.9 Å². The average Bonchev–Trinajstić information content (AvgIpc) is 2.56. The molecule has 2 N–H and O–H groups in total. The second-order valence-electron chi connectivity index (χ2n) is 4.26. The lowest BCUT2D eigenvalue weighted by Gasteiger charge is -2.07. The molecular formula is C16H16N2O3. The highest BCUT2D eigenvalue weighted by Gasteiger charge is 2.16. The lowest BCUT2D eigenvalue weighted by Crippen LogP contribution is -2.17. The van der Waals surface area contributed by atoms with Crippen LogP contribution in [0, 0.1) is 0 Å². The van der Waals surface area contributed by atoms with Crippen molar-refractivity contribution < 1.29 is 14.3 Å². The molecule has 21 heavy (non-hydrogen) atoms. The van der Waals surface area contributed by atoms with Gasteiger partial charge >= 0.3 is 0 Å². The molecule has 0 fully saturated rings. The van der Waals surface area contributed by atoms with Gasteiger partial charge in [0.2, 0.25) is 5.78 Å². The quantitative estimate of drug-likeness (QED) is 0.395. The number of rotatable bonds is 5. The summed E-state index contributed by atoms with van der Waals surface area (Å²) >= 11 is 0. The van der Waals surface area contributed by atoms with Crippen LogP contribution in [0.3, 0.4) is 0 Å². The highest BCUT2D eigenvalue weighted by Crippen LogP contribution is 2.16. The highest BCUT2D eigenvalue weighted by atomic mass is 16.5. The van der Waals surface area contributed by atoms with E-state index in [0.717, 1.165) is 0 Å². The molecule has 0 aliphatic rings. The van der Waals surface area contributed by atoms with E-state index in [4.69, 9.17) is 15.3 Å². The minimum Gasteiger partial charge on any atom is -0.497 e. The van der Waals surface area contributed by atoms with Crippen molar-refractivity contribution >= 4 is 11.5 Å². The van der Waals surface area contributed by atoms with Crippen molar-refractivity contribution in [3.05, 3.63) is 59.7 Å². The molecule has 2 aromatic rings. The van der Waals surface area contributed by atoms with Crippen LogP contribution < -0.4 is 15.3 Å². The number of ketones is 1. The van der Waals surface area contributed by atoms with Crippen molar-refractivity contribution in [2.24, 2.45) is 10.9 Å². The van der Waals surface area contributed by atoms with E-state index < -0.39 is 0 Å². The smallest absolute Gasteiger partial charge is 0.213 e. The van der Waals surface area contributed by atoms with Crippen LogP contribution in [-0.2, 0) is 0 Å². The lowest BCUT2D eigenvalue weighted by atomic mass is 10.0. The van der Waals surface area contributed by atoms with Crippen LogP contribution in [0.2, 0.25) is 0 Å². The van der Waals surface area contributed by atoms with E-state index in [1.165, 1.54) is 0 Å². The third kappa shape index (κ3) is 3.20. The minimum absolute atomic E-state index is 0.197. The number of carbonyl (C=O) groups is 1. The molecule has 0 aromatic heterocycles. The number of hydrogen-bond donors (Lipinski definition) is 1. The number of methoxy groups -OCH3 is 2. The Balaban J connectivity index is 2.29. The minimum atomic E-state index is -0.245. The molecule has 0 saturated heterocycles. The van der Waals surface area contributed by atoms with Crippen LogP contribution in [0.25, 0.3) is 0 Å². The van der Waals surface area contributed by atoms with Gasteiger partial charge in [-0.05, 0) is 48.5 Å². The normalized spacial score (nSPS) is 11.0. The summed E-state index contributed by atoms with van der Waals surface area (Å²) in [5.41, 5.74) is 1.33. The van der Waals surface area contributed by atoms with Gasteiger partial charge in [0.15, 0.2) is 0 Å². The van der Waals surface area contributed by atoms with Crippen molar-refractivity contribution in [1.29, 1.82) is 0 Å². The molecule has 0 heterocycles. The highest BCUT2D eigenvalue weighted by molar-refractivity contribution is 6.51. The van der Waals surface area contributed by atoms with Crippen molar-refractivity contribution in [1.82, 2.24) is 0 Å². The number of nitrogens with two attached hydrogens (primary N) is 1. The summed E-state index contributed by atoms with van der Waals surface area (Å²) in [6, 6.07) is 13.8. The van der Waals surface area contributed by atoms with Crippen LogP contribution >= 0.6 is 0 Å². The Morgan fingerprint density at radius 1 is 0.857 bits per heavy atom. The van der Waals surface area contributed by atoms with E-state index in [-0.39, 0.29) is 11.5 Å². The Hall–Kier alpha value is -2.82. The molecule has 0 aliphatic heterocycles. The molecule has 108 valence electrons. The number of ether oxygens (including phenoxy) is 2. The largest absolute Gasteiger partial charge is 0.497 e. The Morgan fingerprint density at radius 3 is 1.67 bits per heavy atom. The molecule has 0 saturated carbocycles. The van der Waals surface area contributed by atoms with Crippen molar-refractivity contribution in [3.8, 4) is 11.5 Å². The maximum atomic E-state index is 12.4. The van der Waals surface area contributed by atoms with Gasteiger partial charge in [-0.25, -0.2) is 0 Å². The fourth-order valence-electron chi connectivity index (χ4n) is 1.89. The maximum Gasteiger partial charge on any atom is 0.213 e. The van der Waals surface area contributed by atoms with Gasteiger partial charge in [-0.3, -0.25) is 4.79 Å². The summed E-state index contributed by atoms with van der Waals surface area (Å²) < 4.78 is 10.1. The van der Waals surface area contributed by atoms with E-state index in [1.54, 1.807) is 62.8 Å². The molecule has 0 atom stereocenters. The summed E-state index contributed by atoms with van der Waals surface area (Å²) in [5.74, 6) is 6.52. The molecule has 0 amide bonds. The van der Waals surface area contributed by atoms with Gasteiger partial charge in [0.1, 0.15) is 17.2 Å². The van der Waals surface area contributed by atoms with E-state index in [1.807, 2.05) is 0 Å². The first-order valence-electron chi connectivity index (χ1n) is 6.30. The zero-order chi connectivity index (χ0) is 15.2. The Labute approximate surface area is 123 Å². The zero-order valence-electron chi connectivity index (χ0n) is 11.9. The summed E-state index contributed by atoms with van der Waals surface area (Å²) in [7, 11) is 3.15. The number of Topliss-reactive ketones (excluding diaryl/α,β-unsaturated/α-hetero) is 1. The Bertz CT molecular complexity index is 646. The van der Waals surface area contributed by atoms with Crippen LogP contribution in [0.5, 0.6) is 11.5 Å². The number of carbonyl (C=O) groups excluding carboxylic acids is 1. The summed E-state index contributed by atoms with van der Waals surface area (Å²) in [6.45, 7) is 0. The van der Waals surface area contributed by atoms with E-state index >= 15 is 0 Å². The molecule has 0 aliphatic carbocycles. The monoisotopic (exact) mass is 284 g/mol. The first kappa shape index (κ1) is 14.6. The van der Waals surface area contributed by atoms with Gasteiger partial charge in [-0.15, -0.1) is 0 Å². The first-order chi connectivity index (χ1) is 10.2. The fourth-order valence-corrected chi connectivity index (χ4v) is 1.89.